The first-order chi connectivity index (χ1) is 10.9. The lowest BCUT2D eigenvalue weighted by atomic mass is 10.0. The molecule has 6 heteroatoms. The van der Waals surface area contributed by atoms with Crippen molar-refractivity contribution in [3.63, 3.8) is 0 Å². The summed E-state index contributed by atoms with van der Waals surface area (Å²) in [6.07, 6.45) is 2.58. The molecule has 5 nitrogen and oxygen atoms in total. The third-order valence-electron chi connectivity index (χ3n) is 4.24. The number of nitrogens with zero attached hydrogens (tertiary/aromatic N) is 1. The maximum absolute atomic E-state index is 12.8. The number of carbonyl (C=O) groups excluding carboxylic acids is 2. The lowest BCUT2D eigenvalue weighted by Crippen LogP contribution is -2.50. The number of benzene rings is 1. The lowest BCUT2D eigenvalue weighted by molar-refractivity contribution is -0.152. The van der Waals surface area contributed by atoms with Crippen molar-refractivity contribution in [2.75, 3.05) is 13.1 Å². The molecule has 0 saturated heterocycles. The van der Waals surface area contributed by atoms with Gasteiger partial charge < -0.3 is 15.3 Å². The van der Waals surface area contributed by atoms with Gasteiger partial charge in [-0.1, -0.05) is 12.1 Å². The minimum absolute atomic E-state index is 0.0845. The Bertz CT molecular complexity index is 553. The first-order valence-corrected chi connectivity index (χ1v) is 7.97. The molecule has 2 N–H and O–H groups in total. The van der Waals surface area contributed by atoms with E-state index in [9.17, 15) is 19.1 Å². The van der Waals surface area contributed by atoms with E-state index in [-0.39, 0.29) is 30.7 Å². The van der Waals surface area contributed by atoms with Gasteiger partial charge in [-0.2, -0.15) is 0 Å². The molecule has 1 aromatic carbocycles. The first-order valence-electron chi connectivity index (χ1n) is 7.97. The van der Waals surface area contributed by atoms with Gasteiger partial charge in [-0.15, -0.1) is 0 Å². The molecule has 1 saturated carbocycles. The molecule has 0 atom stereocenters. The molecule has 1 aromatic rings. The molecule has 0 heterocycles. The fourth-order valence-electron chi connectivity index (χ4n) is 2.83. The van der Waals surface area contributed by atoms with Crippen molar-refractivity contribution in [2.24, 2.45) is 0 Å². The van der Waals surface area contributed by atoms with Gasteiger partial charge in [0.15, 0.2) is 0 Å². The first kappa shape index (κ1) is 17.4. The van der Waals surface area contributed by atoms with Gasteiger partial charge in [-0.25, -0.2) is 4.39 Å². The molecule has 1 aliphatic carbocycles. The van der Waals surface area contributed by atoms with Crippen molar-refractivity contribution in [1.82, 2.24) is 10.2 Å². The van der Waals surface area contributed by atoms with Crippen molar-refractivity contribution in [3.8, 4) is 0 Å². The quantitative estimate of drug-likeness (QED) is 0.836. The van der Waals surface area contributed by atoms with Gasteiger partial charge in [0.2, 0.25) is 5.91 Å². The molecule has 2 rings (SSSR count). The summed E-state index contributed by atoms with van der Waals surface area (Å²) in [4.78, 5) is 25.8. The SMILES string of the molecule is CCN(CC(=O)NCc1ccc(F)cc1)C(=O)C1(O)CCCC1. The van der Waals surface area contributed by atoms with Crippen LogP contribution in [0.5, 0.6) is 0 Å². The van der Waals surface area contributed by atoms with Gasteiger partial charge in [0.25, 0.3) is 5.91 Å². The number of hydrogen-bond acceptors (Lipinski definition) is 3. The Morgan fingerprint density at radius 2 is 1.87 bits per heavy atom. The second kappa shape index (κ2) is 7.55. The summed E-state index contributed by atoms with van der Waals surface area (Å²) >= 11 is 0. The van der Waals surface area contributed by atoms with E-state index >= 15 is 0 Å². The maximum atomic E-state index is 12.8. The van der Waals surface area contributed by atoms with E-state index in [0.717, 1.165) is 18.4 Å². The van der Waals surface area contributed by atoms with Crippen LogP contribution in [0.3, 0.4) is 0 Å². The van der Waals surface area contributed by atoms with Crippen LogP contribution >= 0.6 is 0 Å². The monoisotopic (exact) mass is 322 g/mol. The Balaban J connectivity index is 1.86. The predicted molar refractivity (Wildman–Crippen MR) is 83.9 cm³/mol. The second-order valence-corrected chi connectivity index (χ2v) is 5.96. The maximum Gasteiger partial charge on any atom is 0.254 e. The molecular weight excluding hydrogens is 299 g/mol. The highest BCUT2D eigenvalue weighted by atomic mass is 19.1. The number of rotatable bonds is 6. The molecule has 126 valence electrons. The van der Waals surface area contributed by atoms with Crippen LogP contribution < -0.4 is 5.32 Å². The van der Waals surface area contributed by atoms with Crippen LogP contribution in [0.2, 0.25) is 0 Å². The number of nitrogens with one attached hydrogen (secondary N) is 1. The number of likely N-dealkylation sites (N-methyl/N-ethyl adjacent to an activating group) is 1. The van der Waals surface area contributed by atoms with E-state index in [1.807, 2.05) is 0 Å². The molecule has 23 heavy (non-hydrogen) atoms. The summed E-state index contributed by atoms with van der Waals surface area (Å²) in [6, 6.07) is 5.86. The summed E-state index contributed by atoms with van der Waals surface area (Å²) < 4.78 is 12.8. The molecule has 2 amide bonds. The van der Waals surface area contributed by atoms with Crippen LogP contribution in [0.1, 0.15) is 38.2 Å². The summed E-state index contributed by atoms with van der Waals surface area (Å²) in [7, 11) is 0. The fraction of sp³-hybridized carbons (Fsp3) is 0.529. The third kappa shape index (κ3) is 4.51. The lowest BCUT2D eigenvalue weighted by Gasteiger charge is -2.29. The molecule has 0 spiro atoms. The minimum Gasteiger partial charge on any atom is -0.380 e. The zero-order valence-corrected chi connectivity index (χ0v) is 13.3. The summed E-state index contributed by atoms with van der Waals surface area (Å²) in [5, 5.41) is 13.1. The number of amides is 2. The smallest absolute Gasteiger partial charge is 0.254 e. The van der Waals surface area contributed by atoms with Crippen molar-refractivity contribution >= 4 is 11.8 Å². The highest BCUT2D eigenvalue weighted by molar-refractivity contribution is 5.89. The molecule has 1 aliphatic rings. The van der Waals surface area contributed by atoms with Gasteiger partial charge in [0, 0.05) is 13.1 Å². The molecule has 0 radical (unpaired) electrons. The number of aliphatic hydroxyl groups is 1. The highest BCUT2D eigenvalue weighted by Crippen LogP contribution is 2.31. The highest BCUT2D eigenvalue weighted by Gasteiger charge is 2.41. The van der Waals surface area contributed by atoms with E-state index in [1.54, 1.807) is 19.1 Å². The van der Waals surface area contributed by atoms with E-state index in [1.165, 1.54) is 17.0 Å². The van der Waals surface area contributed by atoms with Gasteiger partial charge >= 0.3 is 0 Å². The average Bonchev–Trinajstić information content (AvgIpc) is 2.99. The van der Waals surface area contributed by atoms with Crippen LogP contribution in [-0.2, 0) is 16.1 Å². The van der Waals surface area contributed by atoms with Crippen LogP contribution in [0.15, 0.2) is 24.3 Å². The normalized spacial score (nSPS) is 16.1. The van der Waals surface area contributed by atoms with Gasteiger partial charge in [0.05, 0.1) is 6.54 Å². The Hall–Kier alpha value is -1.95. The van der Waals surface area contributed by atoms with Gasteiger partial charge in [-0.05, 0) is 50.3 Å². The summed E-state index contributed by atoms with van der Waals surface area (Å²) in [5.41, 5.74) is -0.531. The summed E-state index contributed by atoms with van der Waals surface area (Å²) in [5.74, 6) is -0.992. The van der Waals surface area contributed by atoms with Crippen molar-refractivity contribution in [2.45, 2.75) is 44.8 Å². The van der Waals surface area contributed by atoms with Crippen LogP contribution in [0.25, 0.3) is 0 Å². The molecule has 0 aromatic heterocycles. The van der Waals surface area contributed by atoms with E-state index < -0.39 is 5.60 Å². The predicted octanol–water partition coefficient (Wildman–Crippen LogP) is 1.60. The third-order valence-corrected chi connectivity index (χ3v) is 4.24. The van der Waals surface area contributed by atoms with Crippen molar-refractivity contribution in [3.05, 3.63) is 35.6 Å². The Kier molecular flexibility index (Phi) is 5.71. The number of carbonyl (C=O) groups is 2. The van der Waals surface area contributed by atoms with Gasteiger partial charge in [0.1, 0.15) is 11.4 Å². The second-order valence-electron chi connectivity index (χ2n) is 5.96. The van der Waals surface area contributed by atoms with E-state index in [0.29, 0.717) is 19.4 Å². The molecule has 1 fully saturated rings. The molecule has 0 aliphatic heterocycles. The van der Waals surface area contributed by atoms with Crippen molar-refractivity contribution in [1.29, 1.82) is 0 Å². The Labute approximate surface area is 135 Å². The number of hydrogen-bond donors (Lipinski definition) is 2. The Morgan fingerprint density at radius 3 is 2.43 bits per heavy atom. The average molecular weight is 322 g/mol. The topological polar surface area (TPSA) is 69.6 Å². The largest absolute Gasteiger partial charge is 0.380 e. The molecule has 0 bridgehead atoms. The Morgan fingerprint density at radius 1 is 1.26 bits per heavy atom. The molecular formula is C17H23FN2O3. The fourth-order valence-corrected chi connectivity index (χ4v) is 2.83. The minimum atomic E-state index is -1.31. The summed E-state index contributed by atoms with van der Waals surface area (Å²) in [6.45, 7) is 2.34. The van der Waals surface area contributed by atoms with Crippen LogP contribution in [0, 0.1) is 5.82 Å². The van der Waals surface area contributed by atoms with Crippen LogP contribution in [-0.4, -0.2) is 40.5 Å². The van der Waals surface area contributed by atoms with Crippen molar-refractivity contribution < 1.29 is 19.1 Å². The zero-order chi connectivity index (χ0) is 16.9. The zero-order valence-electron chi connectivity index (χ0n) is 13.3. The standard InChI is InChI=1S/C17H23FN2O3/c1-2-20(16(22)17(23)9-3-4-10-17)12-15(21)19-11-13-5-7-14(18)8-6-13/h5-8,23H,2-4,9-12H2,1H3,(H,19,21). The van der Waals surface area contributed by atoms with Crippen LogP contribution in [0.4, 0.5) is 4.39 Å². The molecule has 0 unspecified atom stereocenters. The van der Waals surface area contributed by atoms with E-state index in [2.05, 4.69) is 5.32 Å². The van der Waals surface area contributed by atoms with Gasteiger partial charge in [-0.3, -0.25) is 9.59 Å². The number of halogens is 1. The van der Waals surface area contributed by atoms with E-state index in [4.69, 9.17) is 0 Å².